The van der Waals surface area contributed by atoms with Crippen molar-refractivity contribution in [3.8, 4) is 0 Å². The minimum absolute atomic E-state index is 0.0898. The second-order valence-electron chi connectivity index (χ2n) is 6.28. The molecule has 2 amide bonds. The highest BCUT2D eigenvalue weighted by molar-refractivity contribution is 5.94. The topological polar surface area (TPSA) is 84.7 Å². The minimum Gasteiger partial charge on any atom is -0.380 e. The first-order valence-electron chi connectivity index (χ1n) is 8.25. The number of nitrogens with zero attached hydrogens (tertiary/aromatic N) is 2. The van der Waals surface area contributed by atoms with E-state index in [1.54, 1.807) is 24.0 Å². The monoisotopic (exact) mass is 361 g/mol. The van der Waals surface area contributed by atoms with E-state index < -0.39 is 5.91 Å². The van der Waals surface area contributed by atoms with Gasteiger partial charge in [0, 0.05) is 26.6 Å². The Morgan fingerprint density at radius 3 is 3.04 bits per heavy atom. The van der Waals surface area contributed by atoms with Crippen molar-refractivity contribution in [2.75, 3.05) is 13.7 Å². The van der Waals surface area contributed by atoms with Crippen LogP contribution in [0.15, 0.2) is 28.8 Å². The van der Waals surface area contributed by atoms with Crippen molar-refractivity contribution in [3.05, 3.63) is 52.7 Å². The Balaban J connectivity index is 1.63. The third kappa shape index (κ3) is 3.91. The highest BCUT2D eigenvalue weighted by Gasteiger charge is 2.32. The van der Waals surface area contributed by atoms with Gasteiger partial charge in [0.15, 0.2) is 5.69 Å². The smallest absolute Gasteiger partial charge is 0.274 e. The van der Waals surface area contributed by atoms with Gasteiger partial charge in [-0.3, -0.25) is 9.59 Å². The number of methoxy groups -OCH3 is 1. The van der Waals surface area contributed by atoms with Crippen LogP contribution in [-0.4, -0.2) is 41.6 Å². The fourth-order valence-corrected chi connectivity index (χ4v) is 3.02. The van der Waals surface area contributed by atoms with E-state index in [9.17, 15) is 14.0 Å². The number of ether oxygens (including phenoxy) is 1. The number of benzene rings is 1. The SMILES string of the molecule is COCc1c(C(=O)N[C@H]2CC(=O)N(Cc3cccc(F)c3)C2)noc1C. The molecule has 2 heterocycles. The van der Waals surface area contributed by atoms with Crippen LogP contribution in [0.2, 0.25) is 0 Å². The number of hydrogen-bond acceptors (Lipinski definition) is 5. The summed E-state index contributed by atoms with van der Waals surface area (Å²) in [7, 11) is 1.52. The highest BCUT2D eigenvalue weighted by Crippen LogP contribution is 2.18. The lowest BCUT2D eigenvalue weighted by atomic mass is 10.2. The summed E-state index contributed by atoms with van der Waals surface area (Å²) < 4.78 is 23.4. The van der Waals surface area contributed by atoms with E-state index in [2.05, 4.69) is 10.5 Å². The summed E-state index contributed by atoms with van der Waals surface area (Å²) in [6.07, 6.45) is 0.192. The minimum atomic E-state index is -0.403. The molecule has 26 heavy (non-hydrogen) atoms. The molecule has 0 aliphatic carbocycles. The van der Waals surface area contributed by atoms with E-state index in [0.29, 0.717) is 30.0 Å². The number of hydrogen-bond donors (Lipinski definition) is 1. The summed E-state index contributed by atoms with van der Waals surface area (Å²) in [6, 6.07) is 5.78. The molecule has 0 saturated carbocycles. The first-order valence-corrected chi connectivity index (χ1v) is 8.25. The summed E-state index contributed by atoms with van der Waals surface area (Å²) in [5.41, 5.74) is 1.46. The maximum atomic E-state index is 13.3. The van der Waals surface area contributed by atoms with Crippen LogP contribution in [0.4, 0.5) is 4.39 Å². The van der Waals surface area contributed by atoms with E-state index in [1.165, 1.54) is 19.2 Å². The van der Waals surface area contributed by atoms with Crippen LogP contribution in [0.1, 0.15) is 33.8 Å². The van der Waals surface area contributed by atoms with Gasteiger partial charge >= 0.3 is 0 Å². The zero-order valence-electron chi connectivity index (χ0n) is 14.6. The lowest BCUT2D eigenvalue weighted by Gasteiger charge is -2.17. The van der Waals surface area contributed by atoms with Crippen molar-refractivity contribution in [2.45, 2.75) is 32.5 Å². The molecule has 1 saturated heterocycles. The number of likely N-dealkylation sites (tertiary alicyclic amines) is 1. The van der Waals surface area contributed by atoms with E-state index in [0.717, 1.165) is 0 Å². The van der Waals surface area contributed by atoms with Crippen LogP contribution in [0.25, 0.3) is 0 Å². The maximum Gasteiger partial charge on any atom is 0.274 e. The van der Waals surface area contributed by atoms with E-state index in [4.69, 9.17) is 9.26 Å². The van der Waals surface area contributed by atoms with Crippen molar-refractivity contribution in [1.29, 1.82) is 0 Å². The van der Waals surface area contributed by atoms with Gasteiger partial charge in [-0.25, -0.2) is 4.39 Å². The third-order valence-electron chi connectivity index (χ3n) is 4.30. The molecule has 138 valence electrons. The van der Waals surface area contributed by atoms with Crippen LogP contribution in [0, 0.1) is 12.7 Å². The predicted octanol–water partition coefficient (Wildman–Crippen LogP) is 1.80. The highest BCUT2D eigenvalue weighted by atomic mass is 19.1. The molecule has 1 N–H and O–H groups in total. The van der Waals surface area contributed by atoms with E-state index in [-0.39, 0.29) is 36.5 Å². The second kappa shape index (κ2) is 7.65. The predicted molar refractivity (Wildman–Crippen MR) is 89.6 cm³/mol. The molecule has 1 aromatic heterocycles. The van der Waals surface area contributed by atoms with Crippen molar-refractivity contribution >= 4 is 11.8 Å². The summed E-state index contributed by atoms with van der Waals surface area (Å²) in [4.78, 5) is 26.3. The first kappa shape index (κ1) is 18.1. The molecule has 0 spiro atoms. The molecular weight excluding hydrogens is 341 g/mol. The lowest BCUT2D eigenvalue weighted by Crippen LogP contribution is -2.37. The Bertz CT molecular complexity index is 821. The van der Waals surface area contributed by atoms with Gasteiger partial charge in [0.1, 0.15) is 11.6 Å². The van der Waals surface area contributed by atoms with Crippen molar-refractivity contribution in [3.63, 3.8) is 0 Å². The van der Waals surface area contributed by atoms with Gasteiger partial charge < -0.3 is 19.5 Å². The Morgan fingerprint density at radius 2 is 2.31 bits per heavy atom. The van der Waals surface area contributed by atoms with Gasteiger partial charge in [0.05, 0.1) is 18.2 Å². The Hall–Kier alpha value is -2.74. The maximum absolute atomic E-state index is 13.3. The van der Waals surface area contributed by atoms with Crippen LogP contribution in [-0.2, 0) is 22.7 Å². The quantitative estimate of drug-likeness (QED) is 0.848. The van der Waals surface area contributed by atoms with Crippen LogP contribution in [0.3, 0.4) is 0 Å². The van der Waals surface area contributed by atoms with Crippen LogP contribution in [0.5, 0.6) is 0 Å². The van der Waals surface area contributed by atoms with Crippen LogP contribution >= 0.6 is 0 Å². The Kier molecular flexibility index (Phi) is 5.32. The molecule has 8 heteroatoms. The number of amides is 2. The normalized spacial score (nSPS) is 17.0. The number of aryl methyl sites for hydroxylation is 1. The fourth-order valence-electron chi connectivity index (χ4n) is 3.02. The molecule has 0 bridgehead atoms. The number of halogens is 1. The Morgan fingerprint density at radius 1 is 1.50 bits per heavy atom. The summed E-state index contributed by atoms with van der Waals surface area (Å²) in [6.45, 7) is 2.59. The van der Waals surface area contributed by atoms with Crippen molar-refractivity contribution < 1.29 is 23.2 Å². The molecule has 7 nitrogen and oxygen atoms in total. The molecule has 1 atom stereocenters. The van der Waals surface area contributed by atoms with Gasteiger partial charge in [-0.05, 0) is 24.6 Å². The lowest BCUT2D eigenvalue weighted by molar-refractivity contribution is -0.128. The number of nitrogens with one attached hydrogen (secondary N) is 1. The zero-order chi connectivity index (χ0) is 18.7. The Labute approximate surface area is 150 Å². The molecule has 1 fully saturated rings. The summed E-state index contributed by atoms with van der Waals surface area (Å²) >= 11 is 0. The fraction of sp³-hybridized carbons (Fsp3) is 0.389. The van der Waals surface area contributed by atoms with Gasteiger partial charge in [-0.15, -0.1) is 0 Å². The molecular formula is C18H20FN3O4. The molecule has 2 aromatic rings. The van der Waals surface area contributed by atoms with Gasteiger partial charge in [-0.1, -0.05) is 17.3 Å². The van der Waals surface area contributed by atoms with Gasteiger partial charge in [-0.2, -0.15) is 0 Å². The summed E-state index contributed by atoms with van der Waals surface area (Å²) in [5.74, 6) is -0.314. The number of aromatic nitrogens is 1. The standard InChI is InChI=1S/C18H20FN3O4/c1-11-15(10-25-2)17(21-26-11)18(24)20-14-7-16(23)22(9-14)8-12-4-3-5-13(19)6-12/h3-6,14H,7-10H2,1-2H3,(H,20,24)/t14-/m0/s1. The number of rotatable bonds is 6. The van der Waals surface area contributed by atoms with Gasteiger partial charge in [0.2, 0.25) is 5.91 Å². The molecule has 1 aromatic carbocycles. The molecule has 0 radical (unpaired) electrons. The van der Waals surface area contributed by atoms with E-state index >= 15 is 0 Å². The van der Waals surface area contributed by atoms with Crippen LogP contribution < -0.4 is 5.32 Å². The van der Waals surface area contributed by atoms with Gasteiger partial charge in [0.25, 0.3) is 5.91 Å². The largest absolute Gasteiger partial charge is 0.380 e. The number of carbonyl (C=O) groups excluding carboxylic acids is 2. The average molecular weight is 361 g/mol. The zero-order valence-corrected chi connectivity index (χ0v) is 14.6. The second-order valence-corrected chi connectivity index (χ2v) is 6.28. The van der Waals surface area contributed by atoms with Crippen molar-refractivity contribution in [1.82, 2.24) is 15.4 Å². The molecule has 0 unspecified atom stereocenters. The average Bonchev–Trinajstić information content (AvgIpc) is 3.11. The molecule has 1 aliphatic heterocycles. The van der Waals surface area contributed by atoms with E-state index in [1.807, 2.05) is 0 Å². The van der Waals surface area contributed by atoms with Crippen molar-refractivity contribution in [2.24, 2.45) is 0 Å². The summed E-state index contributed by atoms with van der Waals surface area (Å²) in [5, 5.41) is 6.60. The molecule has 3 rings (SSSR count). The number of carbonyl (C=O) groups is 2. The third-order valence-corrected chi connectivity index (χ3v) is 4.30. The first-order chi connectivity index (χ1) is 12.5. The molecule has 1 aliphatic rings.